The van der Waals surface area contributed by atoms with Crippen LogP contribution in [0.3, 0.4) is 0 Å². The summed E-state index contributed by atoms with van der Waals surface area (Å²) in [5, 5.41) is 0. The van der Waals surface area contributed by atoms with Gasteiger partial charge in [0.2, 0.25) is 0 Å². The van der Waals surface area contributed by atoms with E-state index in [0.29, 0.717) is 6.54 Å². The Balaban J connectivity index is 2.21. The maximum atomic E-state index is 13.1. The Labute approximate surface area is 178 Å². The Bertz CT molecular complexity index is 912. The Morgan fingerprint density at radius 3 is 2.25 bits per heavy atom. The average Bonchev–Trinajstić information content (AvgIpc) is 2.68. The third kappa shape index (κ3) is 6.68. The van der Waals surface area contributed by atoms with Crippen LogP contribution < -0.4 is 0 Å². The van der Waals surface area contributed by atoms with Gasteiger partial charge < -0.3 is 0 Å². The molecule has 0 bridgehead atoms. The second kappa shape index (κ2) is 11.3. The summed E-state index contributed by atoms with van der Waals surface area (Å²) in [5.41, 5.74) is 1.80. The minimum atomic E-state index is -3.65. The maximum absolute atomic E-state index is 13.1. The largest absolute Gasteiger partial charge is 0.270 e. The van der Waals surface area contributed by atoms with E-state index >= 15 is 0 Å². The molecule has 0 aromatic heterocycles. The molecule has 3 nitrogen and oxygen atoms in total. The molecular weight excluding hydrogens is 434 g/mol. The van der Waals surface area contributed by atoms with Crippen molar-refractivity contribution >= 4 is 26.0 Å². The van der Waals surface area contributed by atoms with Crippen LogP contribution >= 0.6 is 15.9 Å². The monoisotopic (exact) mass is 461 g/mol. The van der Waals surface area contributed by atoms with Crippen LogP contribution in [0.15, 0.2) is 57.9 Å². The third-order valence-corrected chi connectivity index (χ3v) is 6.93. The molecule has 0 saturated heterocycles. The van der Waals surface area contributed by atoms with Crippen molar-refractivity contribution in [1.29, 1.82) is 0 Å². The lowest BCUT2D eigenvalue weighted by Gasteiger charge is -2.18. The third-order valence-electron chi connectivity index (χ3n) is 4.51. The second-order valence-corrected chi connectivity index (χ2v) is 9.59. The van der Waals surface area contributed by atoms with Crippen LogP contribution in [0.25, 0.3) is 0 Å². The number of sulfonamides is 1. The normalized spacial score (nSPS) is 11.0. The van der Waals surface area contributed by atoms with E-state index in [9.17, 15) is 8.42 Å². The molecule has 0 N–H and O–H groups in total. The van der Waals surface area contributed by atoms with E-state index in [0.717, 1.165) is 34.9 Å². The lowest BCUT2D eigenvalue weighted by Crippen LogP contribution is -2.27. The van der Waals surface area contributed by atoms with Gasteiger partial charge in [0.05, 0.1) is 4.90 Å². The predicted molar refractivity (Wildman–Crippen MR) is 119 cm³/mol. The zero-order chi connectivity index (χ0) is 20.4. The molecule has 0 aliphatic carbocycles. The van der Waals surface area contributed by atoms with E-state index in [-0.39, 0.29) is 4.90 Å². The lowest BCUT2D eigenvalue weighted by molar-refractivity contribution is 0.487. The van der Waals surface area contributed by atoms with E-state index in [2.05, 4.69) is 34.8 Å². The SMILES string of the molecule is CCCCCCCCN(C#Cc1ccccc1Br)S(=O)(=O)c1ccc(C)cc1. The van der Waals surface area contributed by atoms with Gasteiger partial charge >= 0.3 is 0 Å². The fourth-order valence-corrected chi connectivity index (χ4v) is 4.45. The fraction of sp³-hybridized carbons (Fsp3) is 0.391. The van der Waals surface area contributed by atoms with Crippen LogP contribution in [-0.2, 0) is 10.0 Å². The molecule has 2 aromatic carbocycles. The molecule has 2 rings (SSSR count). The Hall–Kier alpha value is -1.77. The number of halogens is 1. The highest BCUT2D eigenvalue weighted by atomic mass is 79.9. The molecule has 5 heteroatoms. The van der Waals surface area contributed by atoms with E-state index in [1.807, 2.05) is 43.3 Å². The zero-order valence-electron chi connectivity index (χ0n) is 16.6. The van der Waals surface area contributed by atoms with Crippen LogP contribution in [0, 0.1) is 18.9 Å². The van der Waals surface area contributed by atoms with Crippen LogP contribution in [0.1, 0.15) is 56.6 Å². The number of hydrogen-bond acceptors (Lipinski definition) is 2. The molecule has 28 heavy (non-hydrogen) atoms. The highest BCUT2D eigenvalue weighted by Crippen LogP contribution is 2.18. The van der Waals surface area contributed by atoms with Gasteiger partial charge in [0.15, 0.2) is 0 Å². The highest BCUT2D eigenvalue weighted by Gasteiger charge is 2.21. The molecule has 0 spiro atoms. The number of rotatable bonds is 9. The summed E-state index contributed by atoms with van der Waals surface area (Å²) in [6, 6.07) is 17.4. The molecule has 2 aromatic rings. The van der Waals surface area contributed by atoms with Gasteiger partial charge in [-0.05, 0) is 59.5 Å². The minimum Gasteiger partial charge on any atom is -0.224 e. The van der Waals surface area contributed by atoms with Crippen LogP contribution in [0.5, 0.6) is 0 Å². The minimum absolute atomic E-state index is 0.283. The molecule has 0 unspecified atom stereocenters. The van der Waals surface area contributed by atoms with E-state index in [1.165, 1.54) is 23.6 Å². The Morgan fingerprint density at radius 1 is 0.929 bits per heavy atom. The number of aryl methyl sites for hydroxylation is 1. The van der Waals surface area contributed by atoms with Gasteiger partial charge in [-0.2, -0.15) is 0 Å². The molecule has 0 amide bonds. The number of hydrogen-bond donors (Lipinski definition) is 0. The molecule has 0 saturated carbocycles. The number of benzene rings is 2. The first-order valence-electron chi connectivity index (χ1n) is 9.80. The van der Waals surface area contributed by atoms with Crippen molar-refractivity contribution in [2.45, 2.75) is 57.3 Å². The topological polar surface area (TPSA) is 37.4 Å². The van der Waals surface area contributed by atoms with E-state index in [4.69, 9.17) is 0 Å². The lowest BCUT2D eigenvalue weighted by atomic mass is 10.1. The molecule has 0 fully saturated rings. The van der Waals surface area contributed by atoms with Gasteiger partial charge in [-0.1, -0.05) is 68.9 Å². The van der Waals surface area contributed by atoms with Crippen molar-refractivity contribution < 1.29 is 8.42 Å². The predicted octanol–water partition coefficient (Wildman–Crippen LogP) is 6.12. The summed E-state index contributed by atoms with van der Waals surface area (Å²) in [5.74, 6) is 3.01. The summed E-state index contributed by atoms with van der Waals surface area (Å²) in [6.07, 6.45) is 6.57. The van der Waals surface area contributed by atoms with E-state index < -0.39 is 10.0 Å². The summed E-state index contributed by atoms with van der Waals surface area (Å²) in [4.78, 5) is 0.283. The maximum Gasteiger partial charge on any atom is 0.270 e. The average molecular weight is 462 g/mol. The van der Waals surface area contributed by atoms with Crippen molar-refractivity contribution in [2.24, 2.45) is 0 Å². The smallest absolute Gasteiger partial charge is 0.224 e. The standard InChI is InChI=1S/C23H28BrNO2S/c1-3-4-5-6-7-10-18-25(19-17-21-11-8-9-12-23(21)24)28(26,27)22-15-13-20(2)14-16-22/h8-9,11-16H,3-7,10,18H2,1-2H3. The van der Waals surface area contributed by atoms with Gasteiger partial charge in [0.1, 0.15) is 0 Å². The van der Waals surface area contributed by atoms with Crippen molar-refractivity contribution in [3.8, 4) is 12.0 Å². The quantitative estimate of drug-likeness (QED) is 0.256. The van der Waals surface area contributed by atoms with Crippen LogP contribution in [0.2, 0.25) is 0 Å². The molecule has 0 aliphatic rings. The fourth-order valence-electron chi connectivity index (χ4n) is 2.79. The highest BCUT2D eigenvalue weighted by molar-refractivity contribution is 9.10. The van der Waals surface area contributed by atoms with Gasteiger partial charge in [0.25, 0.3) is 10.0 Å². The van der Waals surface area contributed by atoms with E-state index in [1.54, 1.807) is 12.1 Å². The zero-order valence-corrected chi connectivity index (χ0v) is 19.0. The van der Waals surface area contributed by atoms with Crippen LogP contribution in [0.4, 0.5) is 0 Å². The van der Waals surface area contributed by atoms with Crippen molar-refractivity contribution in [1.82, 2.24) is 4.31 Å². The molecule has 0 atom stereocenters. The molecule has 0 heterocycles. The van der Waals surface area contributed by atoms with Gasteiger partial charge in [-0.25, -0.2) is 12.7 Å². The summed E-state index contributed by atoms with van der Waals surface area (Å²) in [6.45, 7) is 4.53. The summed E-state index contributed by atoms with van der Waals surface area (Å²) >= 11 is 3.47. The van der Waals surface area contributed by atoms with Crippen LogP contribution in [-0.4, -0.2) is 19.3 Å². The molecule has 0 radical (unpaired) electrons. The van der Waals surface area contributed by atoms with Crippen molar-refractivity contribution in [2.75, 3.05) is 6.54 Å². The Morgan fingerprint density at radius 2 is 1.57 bits per heavy atom. The van der Waals surface area contributed by atoms with Crippen molar-refractivity contribution in [3.63, 3.8) is 0 Å². The summed E-state index contributed by atoms with van der Waals surface area (Å²) in [7, 11) is -3.65. The first kappa shape index (κ1) is 22.5. The Kier molecular flexibility index (Phi) is 9.08. The molecular formula is C23H28BrNO2S. The van der Waals surface area contributed by atoms with Gasteiger partial charge in [-0.15, -0.1) is 0 Å². The van der Waals surface area contributed by atoms with Crippen molar-refractivity contribution in [3.05, 3.63) is 64.1 Å². The van der Waals surface area contributed by atoms with Gasteiger partial charge in [0, 0.05) is 22.6 Å². The molecule has 150 valence electrons. The van der Waals surface area contributed by atoms with Gasteiger partial charge in [-0.3, -0.25) is 0 Å². The number of nitrogens with zero attached hydrogens (tertiary/aromatic N) is 1. The molecule has 0 aliphatic heterocycles. The number of unbranched alkanes of at least 4 members (excludes halogenated alkanes) is 5. The first-order valence-corrected chi connectivity index (χ1v) is 12.0. The second-order valence-electron chi connectivity index (χ2n) is 6.87. The first-order chi connectivity index (χ1) is 13.4. The summed E-state index contributed by atoms with van der Waals surface area (Å²) < 4.78 is 28.4.